The predicted octanol–water partition coefficient (Wildman–Crippen LogP) is 4.40. The molecule has 0 spiro atoms. The number of rotatable bonds is 9. The van der Waals surface area contributed by atoms with Gasteiger partial charge in [-0.15, -0.1) is 10.2 Å². The number of carbonyl (C=O) groups excluding carboxylic acids is 1. The number of amides is 1. The molecule has 1 amide bonds. The Morgan fingerprint density at radius 3 is 2.35 bits per heavy atom. The third kappa shape index (κ3) is 5.63. The van der Waals surface area contributed by atoms with E-state index < -0.39 is 10.8 Å². The molecule has 3 aromatic carbocycles. The van der Waals surface area contributed by atoms with E-state index in [1.807, 2.05) is 59.2 Å². The van der Waals surface area contributed by atoms with Crippen molar-refractivity contribution in [3.8, 4) is 0 Å². The number of benzene rings is 3. The maximum absolute atomic E-state index is 13.0. The van der Waals surface area contributed by atoms with Crippen LogP contribution in [0.5, 0.6) is 0 Å². The van der Waals surface area contributed by atoms with E-state index in [9.17, 15) is 19.7 Å². The van der Waals surface area contributed by atoms with Gasteiger partial charge in [0.1, 0.15) is 11.5 Å². The van der Waals surface area contributed by atoms with Crippen molar-refractivity contribution in [2.45, 2.75) is 18.1 Å². The minimum atomic E-state index is -0.585. The van der Waals surface area contributed by atoms with Crippen molar-refractivity contribution in [2.24, 2.45) is 14.1 Å². The highest BCUT2D eigenvalue weighted by Gasteiger charge is 2.22. The number of anilines is 1. The first-order valence-corrected chi connectivity index (χ1v) is 13.5. The van der Waals surface area contributed by atoms with Crippen LogP contribution in [0.4, 0.5) is 11.4 Å². The molecule has 5 rings (SSSR count). The molecule has 0 fully saturated rings. The summed E-state index contributed by atoms with van der Waals surface area (Å²) in [7, 11) is 3.11. The van der Waals surface area contributed by atoms with Crippen LogP contribution in [0.15, 0.2) is 76.7 Å². The maximum Gasteiger partial charge on any atom is 0.328 e. The number of aryl methyl sites for hydroxylation is 2. The summed E-state index contributed by atoms with van der Waals surface area (Å²) in [6.07, 6.45) is 0.552. The Morgan fingerprint density at radius 1 is 1.00 bits per heavy atom. The van der Waals surface area contributed by atoms with E-state index in [4.69, 9.17) is 11.6 Å². The zero-order valence-corrected chi connectivity index (χ0v) is 23.1. The first kappa shape index (κ1) is 27.2. The van der Waals surface area contributed by atoms with Crippen LogP contribution in [0.3, 0.4) is 0 Å². The van der Waals surface area contributed by atoms with E-state index in [1.54, 1.807) is 7.05 Å². The molecule has 204 valence electrons. The molecule has 2 heterocycles. The van der Waals surface area contributed by atoms with Gasteiger partial charge in [-0.2, -0.15) is 0 Å². The number of nitro groups is 1. The molecule has 2 aromatic heterocycles. The second-order valence-corrected chi connectivity index (χ2v) is 10.5. The summed E-state index contributed by atoms with van der Waals surface area (Å²) in [5, 5.41) is 24.3. The zero-order valence-electron chi connectivity index (χ0n) is 21.6. The Balaban J connectivity index is 1.38. The second-order valence-electron chi connectivity index (χ2n) is 9.13. The molecule has 0 bridgehead atoms. The van der Waals surface area contributed by atoms with Gasteiger partial charge >= 0.3 is 5.69 Å². The smallest absolute Gasteiger partial charge is 0.320 e. The highest BCUT2D eigenvalue weighted by molar-refractivity contribution is 7.99. The lowest BCUT2D eigenvalue weighted by molar-refractivity contribution is -0.383. The highest BCUT2D eigenvalue weighted by Crippen LogP contribution is 2.30. The minimum Gasteiger partial charge on any atom is -0.320 e. The molecule has 0 aliphatic heterocycles. The van der Waals surface area contributed by atoms with E-state index >= 15 is 0 Å². The van der Waals surface area contributed by atoms with Crippen molar-refractivity contribution >= 4 is 51.7 Å². The van der Waals surface area contributed by atoms with Gasteiger partial charge in [0.2, 0.25) is 5.91 Å². The monoisotopic (exact) mass is 577 g/mol. The predicted molar refractivity (Wildman–Crippen MR) is 154 cm³/mol. The van der Waals surface area contributed by atoms with Gasteiger partial charge in [0, 0.05) is 31.6 Å². The van der Waals surface area contributed by atoms with Crippen LogP contribution in [-0.2, 0) is 31.9 Å². The van der Waals surface area contributed by atoms with E-state index in [0.29, 0.717) is 34.2 Å². The van der Waals surface area contributed by atoms with Gasteiger partial charge in [-0.3, -0.25) is 24.0 Å². The highest BCUT2D eigenvalue weighted by atomic mass is 35.5. The first-order chi connectivity index (χ1) is 19.2. The van der Waals surface area contributed by atoms with Crippen LogP contribution in [0, 0.1) is 10.1 Å². The molecule has 0 atom stereocenters. The Hall–Kier alpha value is -4.42. The lowest BCUT2D eigenvalue weighted by Gasteiger charge is -2.11. The average molecular weight is 578 g/mol. The number of imidazole rings is 1. The van der Waals surface area contributed by atoms with Gasteiger partial charge in [-0.05, 0) is 29.3 Å². The molecule has 0 radical (unpaired) electrons. The van der Waals surface area contributed by atoms with Crippen LogP contribution in [0.2, 0.25) is 5.02 Å². The Kier molecular flexibility index (Phi) is 7.71. The number of hydrogen-bond acceptors (Lipinski definition) is 7. The number of hydrogen-bond donors (Lipinski definition) is 1. The third-order valence-electron chi connectivity index (χ3n) is 6.45. The molecule has 0 aliphatic rings. The molecule has 40 heavy (non-hydrogen) atoms. The van der Waals surface area contributed by atoms with E-state index in [0.717, 1.165) is 17.0 Å². The molecule has 11 nitrogen and oxygen atoms in total. The van der Waals surface area contributed by atoms with Gasteiger partial charge in [-0.1, -0.05) is 65.8 Å². The summed E-state index contributed by atoms with van der Waals surface area (Å²) >= 11 is 7.23. The van der Waals surface area contributed by atoms with Gasteiger partial charge < -0.3 is 9.88 Å². The van der Waals surface area contributed by atoms with Crippen molar-refractivity contribution < 1.29 is 9.72 Å². The standard InChI is InChI=1S/C27H24ClN7O4S/c1-32-22-13-20(21(35(38)39)14-23(22)33(2)27(32)37)29-25(36)16-40-26-31-30-24(12-17-6-4-3-5-7-17)34(26)15-18-8-10-19(28)11-9-18/h3-11,13-14H,12,15-16H2,1-2H3,(H,29,36). The Bertz CT molecular complexity index is 1780. The molecule has 0 saturated carbocycles. The first-order valence-electron chi connectivity index (χ1n) is 12.2. The summed E-state index contributed by atoms with van der Waals surface area (Å²) in [6.45, 7) is 0.473. The van der Waals surface area contributed by atoms with Crippen LogP contribution in [0.25, 0.3) is 11.0 Å². The number of aromatic nitrogens is 5. The topological polar surface area (TPSA) is 130 Å². The number of fused-ring (bicyclic) bond motifs is 1. The van der Waals surface area contributed by atoms with Crippen LogP contribution >= 0.6 is 23.4 Å². The summed E-state index contributed by atoms with van der Waals surface area (Å²) in [4.78, 5) is 36.4. The molecule has 5 aromatic rings. The fraction of sp³-hybridized carbons (Fsp3) is 0.185. The molecule has 0 saturated heterocycles. The normalized spacial score (nSPS) is 11.2. The van der Waals surface area contributed by atoms with Crippen molar-refractivity contribution in [1.82, 2.24) is 23.9 Å². The second kappa shape index (κ2) is 11.4. The number of halogens is 1. The maximum atomic E-state index is 13.0. The lowest BCUT2D eigenvalue weighted by atomic mass is 10.1. The SMILES string of the molecule is Cn1c(=O)n(C)c2cc([N+](=O)[O-])c(NC(=O)CSc3nnc(Cc4ccccc4)n3Cc3ccc(Cl)cc3)cc21. The number of thioether (sulfide) groups is 1. The minimum absolute atomic E-state index is 0.0108. The number of nitrogens with zero attached hydrogens (tertiary/aromatic N) is 6. The largest absolute Gasteiger partial charge is 0.328 e. The lowest BCUT2D eigenvalue weighted by Crippen LogP contribution is -2.19. The average Bonchev–Trinajstić information content (AvgIpc) is 3.41. The summed E-state index contributed by atoms with van der Waals surface area (Å²) in [5.74, 6) is 0.210. The fourth-order valence-electron chi connectivity index (χ4n) is 4.37. The van der Waals surface area contributed by atoms with Crippen molar-refractivity contribution in [2.75, 3.05) is 11.1 Å². The van der Waals surface area contributed by atoms with Gasteiger partial charge in [0.15, 0.2) is 5.16 Å². The van der Waals surface area contributed by atoms with Crippen LogP contribution < -0.4 is 11.0 Å². The fourth-order valence-corrected chi connectivity index (χ4v) is 5.25. The van der Waals surface area contributed by atoms with Gasteiger partial charge in [0.25, 0.3) is 5.69 Å². The molecule has 1 N–H and O–H groups in total. The number of carbonyl (C=O) groups is 1. The molecule has 0 aliphatic carbocycles. The van der Waals surface area contributed by atoms with Crippen molar-refractivity contribution in [3.05, 3.63) is 109 Å². The van der Waals surface area contributed by atoms with Crippen molar-refractivity contribution in [1.29, 1.82) is 0 Å². The zero-order chi connectivity index (χ0) is 28.4. The van der Waals surface area contributed by atoms with Crippen LogP contribution in [-0.4, -0.2) is 40.5 Å². The van der Waals surface area contributed by atoms with E-state index in [-0.39, 0.29) is 22.8 Å². The molecular weight excluding hydrogens is 554 g/mol. The van der Waals surface area contributed by atoms with E-state index in [1.165, 1.54) is 40.1 Å². The summed E-state index contributed by atoms with van der Waals surface area (Å²) in [6, 6.07) is 20.1. The Morgan fingerprint density at radius 2 is 1.68 bits per heavy atom. The van der Waals surface area contributed by atoms with Crippen molar-refractivity contribution in [3.63, 3.8) is 0 Å². The number of nitrogens with one attached hydrogen (secondary N) is 1. The molecular formula is C27H24ClN7O4S. The quantitative estimate of drug-likeness (QED) is 0.156. The van der Waals surface area contributed by atoms with E-state index in [2.05, 4.69) is 15.5 Å². The summed E-state index contributed by atoms with van der Waals surface area (Å²) in [5.41, 5.74) is 2.30. The van der Waals surface area contributed by atoms with Gasteiger partial charge in [-0.25, -0.2) is 4.79 Å². The number of nitro benzene ring substituents is 1. The molecule has 13 heteroatoms. The molecule has 0 unspecified atom stereocenters. The summed E-state index contributed by atoms with van der Waals surface area (Å²) < 4.78 is 4.64. The third-order valence-corrected chi connectivity index (χ3v) is 7.66. The van der Waals surface area contributed by atoms with Gasteiger partial charge in [0.05, 0.1) is 28.3 Å². The van der Waals surface area contributed by atoms with Crippen LogP contribution in [0.1, 0.15) is 17.0 Å². The Labute approximate surface area is 237 Å².